The molecule has 0 radical (unpaired) electrons. The van der Waals surface area contributed by atoms with Gasteiger partial charge in [-0.1, -0.05) is 18.2 Å². The van der Waals surface area contributed by atoms with Gasteiger partial charge in [-0.15, -0.1) is 4.91 Å². The molecule has 1 unspecified atom stereocenters. The van der Waals surface area contributed by atoms with Crippen molar-refractivity contribution in [2.75, 3.05) is 11.9 Å². The Balaban J connectivity index is 2.12. The molecule has 20 heavy (non-hydrogen) atoms. The lowest BCUT2D eigenvalue weighted by Crippen LogP contribution is -2.52. The fourth-order valence-corrected chi connectivity index (χ4v) is 2.59. The highest BCUT2D eigenvalue weighted by atomic mass is 16.3. The van der Waals surface area contributed by atoms with E-state index in [4.69, 9.17) is 0 Å². The molecule has 1 aliphatic rings. The van der Waals surface area contributed by atoms with E-state index >= 15 is 0 Å². The maximum Gasteiger partial charge on any atom is 0.243 e. The van der Waals surface area contributed by atoms with Gasteiger partial charge < -0.3 is 5.32 Å². The Morgan fingerprint density at radius 1 is 1.30 bits per heavy atom. The molecule has 0 saturated carbocycles. The van der Waals surface area contributed by atoms with Crippen LogP contribution in [-0.4, -0.2) is 23.5 Å². The average Bonchev–Trinajstić information content (AvgIpc) is 2.44. The zero-order valence-electron chi connectivity index (χ0n) is 11.8. The molecule has 1 aliphatic heterocycles. The fourth-order valence-electron chi connectivity index (χ4n) is 2.59. The van der Waals surface area contributed by atoms with E-state index in [1.807, 2.05) is 32.0 Å². The molecule has 1 saturated heterocycles. The molecule has 0 aliphatic carbocycles. The van der Waals surface area contributed by atoms with Crippen molar-refractivity contribution >= 4 is 11.6 Å². The molecule has 0 aromatic heterocycles. The highest BCUT2D eigenvalue weighted by Crippen LogP contribution is 2.22. The summed E-state index contributed by atoms with van der Waals surface area (Å²) in [5, 5.41) is 7.26. The molecule has 1 atom stereocenters. The summed E-state index contributed by atoms with van der Waals surface area (Å²) in [6, 6.07) is 5.53. The van der Waals surface area contributed by atoms with E-state index < -0.39 is 0 Å². The second-order valence-corrected chi connectivity index (χ2v) is 5.15. The number of rotatable bonds is 4. The lowest BCUT2D eigenvalue weighted by molar-refractivity contribution is -0.124. The van der Waals surface area contributed by atoms with Crippen molar-refractivity contribution in [3.8, 4) is 0 Å². The van der Waals surface area contributed by atoms with E-state index in [2.05, 4.69) is 16.1 Å². The zero-order chi connectivity index (χ0) is 14.5. The number of hydrazine groups is 1. The van der Waals surface area contributed by atoms with Gasteiger partial charge in [-0.2, -0.15) is 5.01 Å². The second kappa shape index (κ2) is 6.47. The van der Waals surface area contributed by atoms with Crippen LogP contribution in [0.5, 0.6) is 0 Å². The monoisotopic (exact) mass is 276 g/mol. The minimum Gasteiger partial charge on any atom is -0.324 e. The van der Waals surface area contributed by atoms with Gasteiger partial charge in [0.25, 0.3) is 0 Å². The molecule has 0 spiro atoms. The number of nitrogens with one attached hydrogen (secondary N) is 2. The lowest BCUT2D eigenvalue weighted by atomic mass is 10.0. The minimum absolute atomic E-state index is 0.0988. The summed E-state index contributed by atoms with van der Waals surface area (Å²) < 4.78 is 0. The van der Waals surface area contributed by atoms with Crippen LogP contribution in [0.15, 0.2) is 23.5 Å². The number of carbonyl (C=O) groups excluding carboxylic acids is 1. The molecule has 1 heterocycles. The van der Waals surface area contributed by atoms with E-state index in [9.17, 15) is 9.70 Å². The van der Waals surface area contributed by atoms with Crippen LogP contribution in [0.2, 0.25) is 0 Å². The molecule has 2 N–H and O–H groups in total. The SMILES string of the molecule is Cc1cccc(C)c1NC(=O)C1CCCCN1NN=O. The Kier molecular flexibility index (Phi) is 4.68. The summed E-state index contributed by atoms with van der Waals surface area (Å²) in [5.41, 5.74) is 5.28. The molecule has 108 valence electrons. The van der Waals surface area contributed by atoms with Crippen molar-refractivity contribution in [3.63, 3.8) is 0 Å². The van der Waals surface area contributed by atoms with Gasteiger partial charge in [0.15, 0.2) is 0 Å². The Hall–Kier alpha value is -1.95. The van der Waals surface area contributed by atoms with Crippen LogP contribution in [0.4, 0.5) is 5.69 Å². The van der Waals surface area contributed by atoms with Gasteiger partial charge in [-0.3, -0.25) is 4.79 Å². The van der Waals surface area contributed by atoms with E-state index in [-0.39, 0.29) is 11.9 Å². The molecule has 1 amide bonds. The third-order valence-electron chi connectivity index (χ3n) is 3.70. The summed E-state index contributed by atoms with van der Waals surface area (Å²) in [6.07, 6.45) is 2.65. The first-order valence-corrected chi connectivity index (χ1v) is 6.85. The fraction of sp³-hybridized carbons (Fsp3) is 0.500. The molecule has 1 aromatic rings. The normalized spacial score (nSPS) is 19.4. The maximum absolute atomic E-state index is 12.4. The van der Waals surface area contributed by atoms with Gasteiger partial charge in [-0.25, -0.2) is 5.53 Å². The summed E-state index contributed by atoms with van der Waals surface area (Å²) in [6.45, 7) is 4.58. The molecule has 1 aromatic carbocycles. The number of nitroso groups, excluding NO2 is 1. The van der Waals surface area contributed by atoms with Gasteiger partial charge in [0.05, 0.1) is 5.29 Å². The van der Waals surface area contributed by atoms with Gasteiger partial charge >= 0.3 is 0 Å². The largest absolute Gasteiger partial charge is 0.324 e. The van der Waals surface area contributed by atoms with Crippen LogP contribution in [0.1, 0.15) is 30.4 Å². The molecule has 6 heteroatoms. The van der Waals surface area contributed by atoms with Crippen LogP contribution < -0.4 is 10.9 Å². The van der Waals surface area contributed by atoms with Gasteiger partial charge in [0.2, 0.25) is 5.91 Å². The minimum atomic E-state index is -0.361. The quantitative estimate of drug-likeness (QED) is 0.653. The van der Waals surface area contributed by atoms with Gasteiger partial charge in [0, 0.05) is 12.2 Å². The summed E-state index contributed by atoms with van der Waals surface area (Å²) in [4.78, 5) is 22.8. The Labute approximate surface area is 118 Å². The summed E-state index contributed by atoms with van der Waals surface area (Å²) >= 11 is 0. The number of piperidine rings is 1. The lowest BCUT2D eigenvalue weighted by Gasteiger charge is -2.32. The van der Waals surface area contributed by atoms with Crippen molar-refractivity contribution in [2.24, 2.45) is 5.29 Å². The molecular formula is C14H20N4O2. The van der Waals surface area contributed by atoms with E-state index in [0.29, 0.717) is 6.54 Å². The number of benzene rings is 1. The highest BCUT2D eigenvalue weighted by molar-refractivity contribution is 5.96. The van der Waals surface area contributed by atoms with Crippen LogP contribution in [0.25, 0.3) is 0 Å². The third kappa shape index (κ3) is 3.14. The van der Waals surface area contributed by atoms with Crippen LogP contribution in [-0.2, 0) is 4.79 Å². The van der Waals surface area contributed by atoms with Gasteiger partial charge in [-0.05, 0) is 44.2 Å². The smallest absolute Gasteiger partial charge is 0.243 e. The van der Waals surface area contributed by atoms with Crippen molar-refractivity contribution in [1.29, 1.82) is 0 Å². The standard InChI is InChI=1S/C14H20N4O2/c1-10-6-5-7-11(2)13(10)15-14(19)12-8-3-4-9-18(12)16-17-20/h5-7,12H,3-4,8-9H2,1-2H3,(H,15,19)(H,16,20). The van der Waals surface area contributed by atoms with Crippen molar-refractivity contribution in [1.82, 2.24) is 10.5 Å². The third-order valence-corrected chi connectivity index (χ3v) is 3.70. The number of nitrogens with zero attached hydrogens (tertiary/aromatic N) is 2. The first-order valence-electron chi connectivity index (χ1n) is 6.85. The molecule has 6 nitrogen and oxygen atoms in total. The second-order valence-electron chi connectivity index (χ2n) is 5.15. The Morgan fingerprint density at radius 2 is 2.00 bits per heavy atom. The molecule has 1 fully saturated rings. The van der Waals surface area contributed by atoms with E-state index in [1.165, 1.54) is 0 Å². The Bertz CT molecular complexity index is 484. The predicted molar refractivity (Wildman–Crippen MR) is 77.8 cm³/mol. The van der Waals surface area contributed by atoms with Crippen LogP contribution in [0.3, 0.4) is 0 Å². The van der Waals surface area contributed by atoms with E-state index in [1.54, 1.807) is 5.01 Å². The summed E-state index contributed by atoms with van der Waals surface area (Å²) in [7, 11) is 0. The highest BCUT2D eigenvalue weighted by Gasteiger charge is 2.29. The van der Waals surface area contributed by atoms with Gasteiger partial charge in [0.1, 0.15) is 6.04 Å². The average molecular weight is 276 g/mol. The number of anilines is 1. The van der Waals surface area contributed by atoms with Crippen molar-refractivity contribution < 1.29 is 4.79 Å². The number of hydrogen-bond donors (Lipinski definition) is 2. The first kappa shape index (κ1) is 14.5. The number of aryl methyl sites for hydroxylation is 2. The molecular weight excluding hydrogens is 256 g/mol. The topological polar surface area (TPSA) is 73.8 Å². The zero-order valence-corrected chi connectivity index (χ0v) is 11.8. The van der Waals surface area contributed by atoms with Crippen LogP contribution >= 0.6 is 0 Å². The van der Waals surface area contributed by atoms with Crippen LogP contribution in [0, 0.1) is 18.8 Å². The maximum atomic E-state index is 12.4. The first-order chi connectivity index (χ1) is 9.63. The van der Waals surface area contributed by atoms with E-state index in [0.717, 1.165) is 36.1 Å². The number of amides is 1. The number of para-hydroxylation sites is 1. The van der Waals surface area contributed by atoms with Crippen molar-refractivity contribution in [2.45, 2.75) is 39.2 Å². The molecule has 0 bridgehead atoms. The number of carbonyl (C=O) groups is 1. The summed E-state index contributed by atoms with van der Waals surface area (Å²) in [5.74, 6) is -0.0988. The predicted octanol–water partition coefficient (Wildman–Crippen LogP) is 2.28. The Morgan fingerprint density at radius 3 is 2.65 bits per heavy atom. The van der Waals surface area contributed by atoms with Crippen molar-refractivity contribution in [3.05, 3.63) is 34.2 Å². The number of hydrogen-bond acceptors (Lipinski definition) is 4. The molecule has 2 rings (SSSR count).